The third kappa shape index (κ3) is 4.49. The van der Waals surface area contributed by atoms with E-state index in [2.05, 4.69) is 25.5 Å². The number of pyridine rings is 1. The lowest BCUT2D eigenvalue weighted by atomic mass is 9.94. The number of rotatable bonds is 6. The standard InChI is InChI=1S/C25H30FN5/c26-20-10-12-21(13-11-20)30-18-16-29(17-19-30)15-5-8-24-22-6-1-2-7-23(22)28-31(24)25-9-3-4-14-27-25/h3-4,9-14H,1-2,5-8,15-19H2. The molecule has 6 heteroatoms. The monoisotopic (exact) mass is 419 g/mol. The highest BCUT2D eigenvalue weighted by molar-refractivity contribution is 5.46. The van der Waals surface area contributed by atoms with Crippen LogP contribution in [0.15, 0.2) is 48.7 Å². The first-order valence-corrected chi connectivity index (χ1v) is 11.5. The molecule has 2 aromatic heterocycles. The average molecular weight is 420 g/mol. The smallest absolute Gasteiger partial charge is 0.153 e. The SMILES string of the molecule is Fc1ccc(N2CCN(CCCc3c4c(nn3-c3ccccn3)CCCC4)CC2)cc1. The topological polar surface area (TPSA) is 37.2 Å². The number of benzene rings is 1. The van der Waals surface area contributed by atoms with Crippen molar-refractivity contribution in [3.05, 3.63) is 71.4 Å². The van der Waals surface area contributed by atoms with E-state index in [1.807, 2.05) is 30.5 Å². The fourth-order valence-corrected chi connectivity index (χ4v) is 4.90. The number of aromatic nitrogens is 3. The van der Waals surface area contributed by atoms with Gasteiger partial charge in [0.05, 0.1) is 5.69 Å². The number of nitrogens with zero attached hydrogens (tertiary/aromatic N) is 5. The fourth-order valence-electron chi connectivity index (χ4n) is 4.90. The predicted molar refractivity (Wildman–Crippen MR) is 121 cm³/mol. The van der Waals surface area contributed by atoms with Crippen LogP contribution in [0.5, 0.6) is 0 Å². The Balaban J connectivity index is 1.20. The van der Waals surface area contributed by atoms with E-state index in [4.69, 9.17) is 5.10 Å². The predicted octanol–water partition coefficient (Wildman–Crippen LogP) is 4.04. The van der Waals surface area contributed by atoms with Crippen molar-refractivity contribution < 1.29 is 4.39 Å². The molecule has 1 aliphatic heterocycles. The number of halogens is 1. The molecule has 0 radical (unpaired) electrons. The van der Waals surface area contributed by atoms with Crippen LogP contribution in [0.25, 0.3) is 5.82 Å². The minimum Gasteiger partial charge on any atom is -0.369 e. The first-order chi connectivity index (χ1) is 15.3. The molecule has 1 aromatic carbocycles. The summed E-state index contributed by atoms with van der Waals surface area (Å²) in [6.07, 6.45) is 8.75. The van der Waals surface area contributed by atoms with Crippen molar-refractivity contribution in [2.75, 3.05) is 37.6 Å². The molecule has 0 amide bonds. The zero-order chi connectivity index (χ0) is 21.0. The van der Waals surface area contributed by atoms with Crippen molar-refractivity contribution in [1.82, 2.24) is 19.7 Å². The van der Waals surface area contributed by atoms with Crippen LogP contribution in [-0.2, 0) is 19.3 Å². The lowest BCUT2D eigenvalue weighted by Crippen LogP contribution is -2.46. The molecule has 2 aliphatic rings. The van der Waals surface area contributed by atoms with Gasteiger partial charge in [0.15, 0.2) is 5.82 Å². The normalized spacial score (nSPS) is 17.0. The molecule has 3 aromatic rings. The number of fused-ring (bicyclic) bond motifs is 1. The van der Waals surface area contributed by atoms with Crippen LogP contribution >= 0.6 is 0 Å². The molecule has 0 saturated carbocycles. The third-order valence-electron chi connectivity index (χ3n) is 6.58. The molecule has 5 rings (SSSR count). The van der Waals surface area contributed by atoms with Crippen molar-refractivity contribution in [2.24, 2.45) is 0 Å². The summed E-state index contributed by atoms with van der Waals surface area (Å²) in [5, 5.41) is 4.94. The maximum absolute atomic E-state index is 13.2. The maximum atomic E-state index is 13.2. The van der Waals surface area contributed by atoms with E-state index in [0.717, 1.165) is 69.9 Å². The van der Waals surface area contributed by atoms with Crippen molar-refractivity contribution in [1.29, 1.82) is 0 Å². The Labute approximate surface area is 183 Å². The van der Waals surface area contributed by atoms with Crippen molar-refractivity contribution in [3.8, 4) is 5.82 Å². The Morgan fingerprint density at radius 1 is 0.903 bits per heavy atom. The summed E-state index contributed by atoms with van der Waals surface area (Å²) in [4.78, 5) is 9.45. The lowest BCUT2D eigenvalue weighted by Gasteiger charge is -2.36. The summed E-state index contributed by atoms with van der Waals surface area (Å²) in [5.74, 6) is 0.759. The second-order valence-electron chi connectivity index (χ2n) is 8.59. The number of hydrogen-bond donors (Lipinski definition) is 0. The Bertz CT molecular complexity index is 991. The Morgan fingerprint density at radius 2 is 1.71 bits per heavy atom. The minimum atomic E-state index is -0.172. The van der Waals surface area contributed by atoms with E-state index in [-0.39, 0.29) is 5.82 Å². The van der Waals surface area contributed by atoms with Gasteiger partial charge in [-0.15, -0.1) is 0 Å². The van der Waals surface area contributed by atoms with Gasteiger partial charge in [-0.1, -0.05) is 6.07 Å². The molecule has 0 spiro atoms. The van der Waals surface area contributed by atoms with E-state index >= 15 is 0 Å². The van der Waals surface area contributed by atoms with Crippen LogP contribution in [0.1, 0.15) is 36.2 Å². The van der Waals surface area contributed by atoms with Crippen molar-refractivity contribution >= 4 is 5.69 Å². The zero-order valence-electron chi connectivity index (χ0n) is 18.0. The van der Waals surface area contributed by atoms with Crippen LogP contribution < -0.4 is 4.90 Å². The van der Waals surface area contributed by atoms with Crippen LogP contribution in [0.2, 0.25) is 0 Å². The van der Waals surface area contributed by atoms with E-state index < -0.39 is 0 Å². The van der Waals surface area contributed by atoms with E-state index in [1.165, 1.54) is 29.8 Å². The van der Waals surface area contributed by atoms with Gasteiger partial charge in [-0.3, -0.25) is 4.90 Å². The summed E-state index contributed by atoms with van der Waals surface area (Å²) < 4.78 is 15.3. The molecular weight excluding hydrogens is 389 g/mol. The quantitative estimate of drug-likeness (QED) is 0.604. The van der Waals surface area contributed by atoms with E-state index in [1.54, 1.807) is 12.1 Å². The van der Waals surface area contributed by atoms with Gasteiger partial charge in [0.2, 0.25) is 0 Å². The first kappa shape index (κ1) is 20.2. The Hall–Kier alpha value is -2.73. The van der Waals surface area contributed by atoms with Crippen LogP contribution in [0.4, 0.5) is 10.1 Å². The van der Waals surface area contributed by atoms with Gasteiger partial charge in [-0.25, -0.2) is 14.1 Å². The van der Waals surface area contributed by atoms with Gasteiger partial charge in [0.25, 0.3) is 0 Å². The van der Waals surface area contributed by atoms with Gasteiger partial charge in [-0.05, 0) is 87.0 Å². The molecule has 1 fully saturated rings. The highest BCUT2D eigenvalue weighted by Gasteiger charge is 2.22. The Kier molecular flexibility index (Phi) is 5.98. The first-order valence-electron chi connectivity index (χ1n) is 11.5. The largest absolute Gasteiger partial charge is 0.369 e. The van der Waals surface area contributed by atoms with Gasteiger partial charge < -0.3 is 4.90 Å². The highest BCUT2D eigenvalue weighted by atomic mass is 19.1. The van der Waals surface area contributed by atoms with Crippen LogP contribution in [-0.4, -0.2) is 52.4 Å². The van der Waals surface area contributed by atoms with Gasteiger partial charge in [-0.2, -0.15) is 5.10 Å². The number of piperazine rings is 1. The maximum Gasteiger partial charge on any atom is 0.153 e. The van der Waals surface area contributed by atoms with Gasteiger partial charge >= 0.3 is 0 Å². The second kappa shape index (κ2) is 9.18. The molecule has 162 valence electrons. The summed E-state index contributed by atoms with van der Waals surface area (Å²) in [6, 6.07) is 12.9. The van der Waals surface area contributed by atoms with Gasteiger partial charge in [0.1, 0.15) is 5.82 Å². The molecule has 31 heavy (non-hydrogen) atoms. The number of aryl methyl sites for hydroxylation is 1. The highest BCUT2D eigenvalue weighted by Crippen LogP contribution is 2.27. The van der Waals surface area contributed by atoms with Crippen LogP contribution in [0, 0.1) is 5.82 Å². The lowest BCUT2D eigenvalue weighted by molar-refractivity contribution is 0.254. The molecular formula is C25H30FN5. The molecule has 1 saturated heterocycles. The second-order valence-corrected chi connectivity index (χ2v) is 8.59. The van der Waals surface area contributed by atoms with Crippen molar-refractivity contribution in [3.63, 3.8) is 0 Å². The summed E-state index contributed by atoms with van der Waals surface area (Å²) >= 11 is 0. The summed E-state index contributed by atoms with van der Waals surface area (Å²) in [6.45, 7) is 5.18. The Morgan fingerprint density at radius 3 is 2.48 bits per heavy atom. The molecule has 0 bridgehead atoms. The third-order valence-corrected chi connectivity index (χ3v) is 6.58. The molecule has 5 nitrogen and oxygen atoms in total. The van der Waals surface area contributed by atoms with E-state index in [0.29, 0.717) is 0 Å². The molecule has 1 aliphatic carbocycles. The fraction of sp³-hybridized carbons (Fsp3) is 0.440. The minimum absolute atomic E-state index is 0.172. The molecule has 0 N–H and O–H groups in total. The molecule has 0 atom stereocenters. The van der Waals surface area contributed by atoms with E-state index in [9.17, 15) is 4.39 Å². The summed E-state index contributed by atoms with van der Waals surface area (Å²) in [5.41, 5.74) is 5.23. The number of anilines is 1. The average Bonchev–Trinajstić information content (AvgIpc) is 3.19. The molecule has 0 unspecified atom stereocenters. The number of hydrogen-bond acceptors (Lipinski definition) is 4. The zero-order valence-corrected chi connectivity index (χ0v) is 18.0. The van der Waals surface area contributed by atoms with Gasteiger partial charge in [0, 0.05) is 43.8 Å². The van der Waals surface area contributed by atoms with Crippen molar-refractivity contribution in [2.45, 2.75) is 38.5 Å². The van der Waals surface area contributed by atoms with Crippen LogP contribution in [0.3, 0.4) is 0 Å². The molecule has 3 heterocycles. The summed E-state index contributed by atoms with van der Waals surface area (Å²) in [7, 11) is 0.